The molecule has 0 amide bonds. The Kier molecular flexibility index (Phi) is 45.7. The number of unbranched alkanes of at least 4 members (excludes halogenated alkanes) is 16. The average molecular weight is 601 g/mol. The largest absolute Gasteiger partial charge is 1.00 e. The standard InChI is InChI=1S/2C18H32O2.K.H/c2*1-2-3-4-5-6-7-8-9-10-11-12-13-14-15-16-17-18(19)20;;/h2*6-7,9-10H,2-5,8,11-17H2,1H3,(H,19,20);;/q;;+1;-1/b2*7-6-,10-9-;;. The minimum atomic E-state index is -0.671. The van der Waals surface area contributed by atoms with Crippen molar-refractivity contribution in [3.8, 4) is 0 Å². The van der Waals surface area contributed by atoms with Crippen LogP contribution in [0.4, 0.5) is 0 Å². The zero-order valence-corrected chi connectivity index (χ0v) is 30.4. The summed E-state index contributed by atoms with van der Waals surface area (Å²) in [5, 5.41) is 17.0. The predicted octanol–water partition coefficient (Wildman–Crippen LogP) is 8.89. The molecule has 0 saturated heterocycles. The maximum absolute atomic E-state index is 10.3. The molecule has 0 heterocycles. The summed E-state index contributed by atoms with van der Waals surface area (Å²) in [5.74, 6) is -1.34. The quantitative estimate of drug-likeness (QED) is 0.0534. The zero-order valence-electron chi connectivity index (χ0n) is 28.3. The summed E-state index contributed by atoms with van der Waals surface area (Å²) in [6, 6.07) is 0. The van der Waals surface area contributed by atoms with Crippen molar-refractivity contribution < 1.29 is 72.6 Å². The maximum Gasteiger partial charge on any atom is 1.00 e. The molecular formula is C36H65KO4. The number of hydrogen-bond donors (Lipinski definition) is 2. The fraction of sp³-hybridized carbons (Fsp3) is 0.722. The fourth-order valence-electron chi connectivity index (χ4n) is 4.18. The Bertz CT molecular complexity index is 603. The molecular weight excluding hydrogens is 535 g/mol. The normalized spacial score (nSPS) is 11.4. The smallest absolute Gasteiger partial charge is 1.00 e. The molecule has 0 aliphatic heterocycles. The molecule has 0 aromatic carbocycles. The van der Waals surface area contributed by atoms with Crippen molar-refractivity contribution in [2.75, 3.05) is 0 Å². The van der Waals surface area contributed by atoms with Gasteiger partial charge in [0.05, 0.1) is 0 Å². The van der Waals surface area contributed by atoms with Gasteiger partial charge in [0, 0.05) is 12.8 Å². The summed E-state index contributed by atoms with van der Waals surface area (Å²) in [4.78, 5) is 20.6. The first-order chi connectivity index (χ1) is 19.5. The Hall–Kier alpha value is -0.464. The second kappa shape index (κ2) is 41.7. The summed E-state index contributed by atoms with van der Waals surface area (Å²) in [6.07, 6.45) is 44.6. The number of carboxylic acid groups (broad SMARTS) is 2. The summed E-state index contributed by atoms with van der Waals surface area (Å²) in [7, 11) is 0. The molecule has 0 atom stereocenters. The van der Waals surface area contributed by atoms with Gasteiger partial charge >= 0.3 is 63.3 Å². The van der Waals surface area contributed by atoms with E-state index in [4.69, 9.17) is 10.2 Å². The molecule has 0 radical (unpaired) electrons. The van der Waals surface area contributed by atoms with Crippen molar-refractivity contribution in [2.45, 2.75) is 168 Å². The summed E-state index contributed by atoms with van der Waals surface area (Å²) < 4.78 is 0. The van der Waals surface area contributed by atoms with E-state index in [1.807, 2.05) is 0 Å². The Morgan fingerprint density at radius 2 is 0.707 bits per heavy atom. The van der Waals surface area contributed by atoms with Gasteiger partial charge in [0.1, 0.15) is 0 Å². The van der Waals surface area contributed by atoms with Crippen LogP contribution >= 0.6 is 0 Å². The second-order valence-electron chi connectivity index (χ2n) is 10.7. The Morgan fingerprint density at radius 3 is 1.00 bits per heavy atom. The predicted molar refractivity (Wildman–Crippen MR) is 175 cm³/mol. The maximum atomic E-state index is 10.3. The van der Waals surface area contributed by atoms with Gasteiger partial charge in [-0.25, -0.2) is 0 Å². The third kappa shape index (κ3) is 49.5. The SMILES string of the molecule is CCCCC/C=C\C/C=C\CCCCCCCC(=O)O.CCCCC/C=C\C/C=C\CCCCCCCC(=O)O.[H-].[K+]. The van der Waals surface area contributed by atoms with Gasteiger partial charge in [0.2, 0.25) is 0 Å². The van der Waals surface area contributed by atoms with Gasteiger partial charge in [-0.1, -0.05) is 127 Å². The molecule has 0 spiro atoms. The Labute approximate surface area is 298 Å². The molecule has 2 N–H and O–H groups in total. The van der Waals surface area contributed by atoms with E-state index in [1.54, 1.807) is 0 Å². The molecule has 0 aromatic heterocycles. The fourth-order valence-corrected chi connectivity index (χ4v) is 4.18. The van der Waals surface area contributed by atoms with Crippen LogP contribution in [0.5, 0.6) is 0 Å². The van der Waals surface area contributed by atoms with Crippen LogP contribution in [-0.4, -0.2) is 22.2 Å². The van der Waals surface area contributed by atoms with Gasteiger partial charge in [-0.3, -0.25) is 9.59 Å². The van der Waals surface area contributed by atoms with Crippen molar-refractivity contribution in [3.63, 3.8) is 0 Å². The summed E-state index contributed by atoms with van der Waals surface area (Å²) in [6.45, 7) is 4.47. The monoisotopic (exact) mass is 600 g/mol. The molecule has 0 fully saturated rings. The minimum Gasteiger partial charge on any atom is -1.00 e. The van der Waals surface area contributed by atoms with E-state index in [9.17, 15) is 9.59 Å². The molecule has 41 heavy (non-hydrogen) atoms. The van der Waals surface area contributed by atoms with E-state index in [1.165, 1.54) is 89.9 Å². The first kappa shape index (κ1) is 45.0. The van der Waals surface area contributed by atoms with Gasteiger partial charge in [0.25, 0.3) is 0 Å². The second-order valence-corrected chi connectivity index (χ2v) is 10.7. The summed E-state index contributed by atoms with van der Waals surface area (Å²) >= 11 is 0. The minimum absolute atomic E-state index is 0. The van der Waals surface area contributed by atoms with Crippen molar-refractivity contribution in [3.05, 3.63) is 48.6 Å². The van der Waals surface area contributed by atoms with E-state index < -0.39 is 11.9 Å². The van der Waals surface area contributed by atoms with Crippen LogP contribution in [-0.2, 0) is 9.59 Å². The number of hydrogen-bond acceptors (Lipinski definition) is 2. The van der Waals surface area contributed by atoms with Gasteiger partial charge in [-0.05, 0) is 77.0 Å². The molecule has 0 saturated carbocycles. The Balaban J connectivity index is -0.000000328. The van der Waals surface area contributed by atoms with Crippen molar-refractivity contribution >= 4 is 11.9 Å². The van der Waals surface area contributed by atoms with Gasteiger partial charge < -0.3 is 11.6 Å². The number of allylic oxidation sites excluding steroid dienone is 8. The van der Waals surface area contributed by atoms with E-state index in [0.717, 1.165) is 51.4 Å². The van der Waals surface area contributed by atoms with Gasteiger partial charge in [0.15, 0.2) is 0 Å². The number of carboxylic acids is 2. The van der Waals surface area contributed by atoms with E-state index >= 15 is 0 Å². The number of rotatable bonds is 28. The van der Waals surface area contributed by atoms with Crippen LogP contribution < -0.4 is 51.4 Å². The molecule has 4 nitrogen and oxygen atoms in total. The van der Waals surface area contributed by atoms with Crippen LogP contribution in [0.1, 0.15) is 169 Å². The molecule has 0 aromatic rings. The molecule has 0 unspecified atom stereocenters. The van der Waals surface area contributed by atoms with Crippen LogP contribution in [0.3, 0.4) is 0 Å². The van der Waals surface area contributed by atoms with Crippen molar-refractivity contribution in [2.24, 2.45) is 0 Å². The van der Waals surface area contributed by atoms with Crippen LogP contribution in [0.2, 0.25) is 0 Å². The summed E-state index contributed by atoms with van der Waals surface area (Å²) in [5.41, 5.74) is 0. The first-order valence-corrected chi connectivity index (χ1v) is 16.6. The third-order valence-corrected chi connectivity index (χ3v) is 6.68. The number of aliphatic carboxylic acids is 2. The van der Waals surface area contributed by atoms with Crippen LogP contribution in [0.15, 0.2) is 48.6 Å². The van der Waals surface area contributed by atoms with Gasteiger partial charge in [-0.15, -0.1) is 0 Å². The molecule has 0 bridgehead atoms. The average Bonchev–Trinajstić information content (AvgIpc) is 2.93. The molecule has 0 aliphatic carbocycles. The zero-order chi connectivity index (χ0) is 29.8. The molecule has 234 valence electrons. The van der Waals surface area contributed by atoms with E-state index in [2.05, 4.69) is 62.5 Å². The van der Waals surface area contributed by atoms with E-state index in [-0.39, 0.29) is 52.8 Å². The molecule has 5 heteroatoms. The van der Waals surface area contributed by atoms with Crippen molar-refractivity contribution in [1.82, 2.24) is 0 Å². The van der Waals surface area contributed by atoms with Gasteiger partial charge in [-0.2, -0.15) is 0 Å². The number of carbonyl (C=O) groups is 2. The first-order valence-electron chi connectivity index (χ1n) is 16.6. The van der Waals surface area contributed by atoms with Crippen molar-refractivity contribution in [1.29, 1.82) is 0 Å². The molecule has 0 rings (SSSR count). The van der Waals surface area contributed by atoms with E-state index in [0.29, 0.717) is 12.8 Å². The Morgan fingerprint density at radius 1 is 0.439 bits per heavy atom. The third-order valence-electron chi connectivity index (χ3n) is 6.68. The molecule has 0 aliphatic rings. The topological polar surface area (TPSA) is 74.6 Å². The van der Waals surface area contributed by atoms with Crippen LogP contribution in [0.25, 0.3) is 0 Å². The van der Waals surface area contributed by atoms with Crippen LogP contribution in [0, 0.1) is 0 Å².